The quantitative estimate of drug-likeness (QED) is 0.594. The first-order valence-corrected chi connectivity index (χ1v) is 12.5. The average molecular weight is 562 g/mol. The molecule has 0 spiro atoms. The number of alkyl halides is 2. The maximum atomic E-state index is 13.7. The third-order valence-electron chi connectivity index (χ3n) is 5.25. The van der Waals surface area contributed by atoms with Crippen LogP contribution in [0.3, 0.4) is 0 Å². The van der Waals surface area contributed by atoms with E-state index in [1.54, 1.807) is 6.07 Å². The third kappa shape index (κ3) is 5.62. The number of nitrogens with zero attached hydrogens (tertiary/aromatic N) is 4. The van der Waals surface area contributed by atoms with E-state index in [0.717, 1.165) is 12.1 Å². The van der Waals surface area contributed by atoms with Crippen LogP contribution in [-0.4, -0.2) is 53.9 Å². The molecule has 2 aromatic rings. The van der Waals surface area contributed by atoms with Crippen LogP contribution in [0.5, 0.6) is 0 Å². The summed E-state index contributed by atoms with van der Waals surface area (Å²) in [5.41, 5.74) is -1.85. The SMILES string of the molecule is Cn1cc(N2CCC(C(F)F)N(C(=O)OC(C)(C)C)S2(=O)=O)c(Cl)c1C(=O)Nc1ccc(F)c(C#N)c1. The number of aryl methyl sites for hydroxylation is 1. The number of nitriles is 1. The second-order valence-corrected chi connectivity index (χ2v) is 11.2. The van der Waals surface area contributed by atoms with Gasteiger partial charge in [0.25, 0.3) is 12.3 Å². The number of halogens is 4. The van der Waals surface area contributed by atoms with Gasteiger partial charge in [0.1, 0.15) is 29.2 Å². The molecule has 1 aliphatic rings. The van der Waals surface area contributed by atoms with Crippen molar-refractivity contribution in [2.24, 2.45) is 7.05 Å². The zero-order valence-electron chi connectivity index (χ0n) is 20.1. The Bertz CT molecular complexity index is 1380. The molecule has 0 bridgehead atoms. The summed E-state index contributed by atoms with van der Waals surface area (Å²) in [5, 5.41) is 11.1. The lowest BCUT2D eigenvalue weighted by molar-refractivity contribution is 0.00738. The smallest absolute Gasteiger partial charge is 0.425 e. The zero-order valence-corrected chi connectivity index (χ0v) is 21.7. The number of amides is 2. The maximum Gasteiger partial charge on any atom is 0.425 e. The van der Waals surface area contributed by atoms with Crippen LogP contribution < -0.4 is 9.62 Å². The van der Waals surface area contributed by atoms with E-state index < -0.39 is 59.1 Å². The van der Waals surface area contributed by atoms with Crippen LogP contribution in [0.2, 0.25) is 5.02 Å². The number of anilines is 2. The van der Waals surface area contributed by atoms with Gasteiger partial charge >= 0.3 is 16.3 Å². The second kappa shape index (κ2) is 10.1. The van der Waals surface area contributed by atoms with E-state index in [0.29, 0.717) is 4.31 Å². The summed E-state index contributed by atoms with van der Waals surface area (Å²) in [6, 6.07) is 2.97. The number of aromatic nitrogens is 1. The molecular formula is C22H23ClF3N5O5S. The Hall–Kier alpha value is -3.44. The highest BCUT2D eigenvalue weighted by Gasteiger charge is 2.49. The number of benzene rings is 1. The highest BCUT2D eigenvalue weighted by molar-refractivity contribution is 7.91. The van der Waals surface area contributed by atoms with Crippen molar-refractivity contribution in [3.8, 4) is 6.07 Å². The van der Waals surface area contributed by atoms with Gasteiger partial charge in [-0.3, -0.25) is 4.79 Å². The Balaban J connectivity index is 1.98. The maximum absolute atomic E-state index is 13.7. The molecule has 200 valence electrons. The van der Waals surface area contributed by atoms with Crippen molar-refractivity contribution in [2.75, 3.05) is 16.2 Å². The Labute approximate surface area is 216 Å². The summed E-state index contributed by atoms with van der Waals surface area (Å²) in [5.74, 6) is -1.61. The molecule has 1 unspecified atom stereocenters. The number of rotatable bonds is 4. The fraction of sp³-hybridized carbons (Fsp3) is 0.409. The molecule has 0 aliphatic carbocycles. The summed E-state index contributed by atoms with van der Waals surface area (Å²) in [6.07, 6.45) is -3.89. The minimum atomic E-state index is -4.90. The number of hydrogen-bond donors (Lipinski definition) is 1. The van der Waals surface area contributed by atoms with E-state index in [-0.39, 0.29) is 32.0 Å². The molecule has 1 saturated heterocycles. The van der Waals surface area contributed by atoms with Gasteiger partial charge in [0, 0.05) is 25.5 Å². The number of carbonyl (C=O) groups is 2. The third-order valence-corrected chi connectivity index (χ3v) is 7.48. The molecule has 1 atom stereocenters. The molecule has 3 rings (SSSR count). The first-order valence-electron chi connectivity index (χ1n) is 10.8. The summed E-state index contributed by atoms with van der Waals surface area (Å²) in [6.45, 7) is 3.91. The molecule has 1 aromatic carbocycles. The molecule has 0 radical (unpaired) electrons. The molecule has 37 heavy (non-hydrogen) atoms. The molecule has 10 nitrogen and oxygen atoms in total. The van der Waals surface area contributed by atoms with Crippen molar-refractivity contribution in [1.29, 1.82) is 5.26 Å². The number of nitrogens with one attached hydrogen (secondary N) is 1. The Morgan fingerprint density at radius 2 is 1.95 bits per heavy atom. The first-order chi connectivity index (χ1) is 17.1. The predicted octanol–water partition coefficient (Wildman–Crippen LogP) is 4.27. The lowest BCUT2D eigenvalue weighted by Crippen LogP contribution is -2.59. The van der Waals surface area contributed by atoms with Crippen molar-refractivity contribution in [3.63, 3.8) is 0 Å². The van der Waals surface area contributed by atoms with Crippen LogP contribution in [0.25, 0.3) is 0 Å². The Morgan fingerprint density at radius 3 is 2.51 bits per heavy atom. The normalized spacial score (nSPS) is 17.5. The zero-order chi connectivity index (χ0) is 27.9. The Kier molecular flexibility index (Phi) is 7.71. The number of carbonyl (C=O) groups excluding carboxylic acids is 2. The van der Waals surface area contributed by atoms with Gasteiger partial charge in [-0.15, -0.1) is 0 Å². The van der Waals surface area contributed by atoms with E-state index in [2.05, 4.69) is 5.32 Å². The van der Waals surface area contributed by atoms with E-state index in [9.17, 15) is 31.2 Å². The van der Waals surface area contributed by atoms with E-state index in [4.69, 9.17) is 21.6 Å². The number of ether oxygens (including phenoxy) is 1. The fourth-order valence-electron chi connectivity index (χ4n) is 3.66. The number of hydrogen-bond acceptors (Lipinski definition) is 6. The van der Waals surface area contributed by atoms with Crippen molar-refractivity contribution in [2.45, 2.75) is 45.3 Å². The molecule has 1 aliphatic heterocycles. The average Bonchev–Trinajstić information content (AvgIpc) is 3.06. The molecular weight excluding hydrogens is 539 g/mol. The lowest BCUT2D eigenvalue weighted by Gasteiger charge is -2.40. The predicted molar refractivity (Wildman–Crippen MR) is 128 cm³/mol. The lowest BCUT2D eigenvalue weighted by atomic mass is 10.2. The largest absolute Gasteiger partial charge is 0.443 e. The van der Waals surface area contributed by atoms with Gasteiger partial charge in [0.2, 0.25) is 0 Å². The summed E-state index contributed by atoms with van der Waals surface area (Å²) >= 11 is 6.38. The molecule has 1 fully saturated rings. The van der Waals surface area contributed by atoms with Gasteiger partial charge in [0.15, 0.2) is 0 Å². The van der Waals surface area contributed by atoms with E-state index >= 15 is 0 Å². The molecule has 0 saturated carbocycles. The molecule has 1 aromatic heterocycles. The second-order valence-electron chi connectivity index (χ2n) is 9.09. The van der Waals surface area contributed by atoms with Crippen molar-refractivity contribution in [1.82, 2.24) is 8.87 Å². The Morgan fingerprint density at radius 1 is 1.30 bits per heavy atom. The van der Waals surface area contributed by atoms with E-state index in [1.807, 2.05) is 0 Å². The highest BCUT2D eigenvalue weighted by Crippen LogP contribution is 2.38. The van der Waals surface area contributed by atoms with Gasteiger partial charge in [-0.05, 0) is 45.4 Å². The standard InChI is InChI=1S/C22H23ClF3N5O5S/c1-22(2,3)36-21(33)31-15(19(25)26)7-8-30(37(31,34)35)16-11-29(4)18(17(16)23)20(32)28-13-5-6-14(24)12(9-13)10-27/h5-6,9,11,15,19H,7-8H2,1-4H3,(H,28,32). The van der Waals surface area contributed by atoms with Crippen LogP contribution >= 0.6 is 11.6 Å². The van der Waals surface area contributed by atoms with Gasteiger partial charge in [0.05, 0.1) is 16.3 Å². The highest BCUT2D eigenvalue weighted by atomic mass is 35.5. The van der Waals surface area contributed by atoms with Crippen LogP contribution in [0, 0.1) is 17.1 Å². The first kappa shape index (κ1) is 28.1. The van der Waals surface area contributed by atoms with Crippen LogP contribution in [0.1, 0.15) is 43.2 Å². The van der Waals surface area contributed by atoms with Gasteiger partial charge in [-0.2, -0.15) is 18.0 Å². The molecule has 2 amide bonds. The van der Waals surface area contributed by atoms with Crippen molar-refractivity contribution < 1.29 is 35.9 Å². The van der Waals surface area contributed by atoms with Crippen molar-refractivity contribution in [3.05, 3.63) is 46.5 Å². The van der Waals surface area contributed by atoms with Crippen LogP contribution in [0.4, 0.5) is 29.3 Å². The van der Waals surface area contributed by atoms with Gasteiger partial charge in [-0.25, -0.2) is 22.3 Å². The van der Waals surface area contributed by atoms with Crippen LogP contribution in [0.15, 0.2) is 24.4 Å². The topological polar surface area (TPSA) is 125 Å². The summed E-state index contributed by atoms with van der Waals surface area (Å²) in [7, 11) is -3.51. The molecule has 1 N–H and O–H groups in total. The summed E-state index contributed by atoms with van der Waals surface area (Å²) in [4.78, 5) is 25.6. The summed E-state index contributed by atoms with van der Waals surface area (Å²) < 4.78 is 74.7. The van der Waals surface area contributed by atoms with Crippen molar-refractivity contribution >= 4 is 45.2 Å². The molecule has 2 heterocycles. The fourth-order valence-corrected chi connectivity index (χ4v) is 5.78. The minimum absolute atomic E-state index is 0.00256. The van der Waals surface area contributed by atoms with Crippen LogP contribution in [-0.2, 0) is 22.0 Å². The monoisotopic (exact) mass is 561 g/mol. The van der Waals surface area contributed by atoms with Gasteiger partial charge < -0.3 is 14.6 Å². The van der Waals surface area contributed by atoms with E-state index in [1.165, 1.54) is 44.6 Å². The van der Waals surface area contributed by atoms with Gasteiger partial charge in [-0.1, -0.05) is 11.6 Å². The minimum Gasteiger partial charge on any atom is -0.443 e. The molecule has 15 heteroatoms.